The lowest BCUT2D eigenvalue weighted by Gasteiger charge is -2.19. The maximum atomic E-state index is 5.59. The van der Waals surface area contributed by atoms with Crippen LogP contribution in [0.4, 0.5) is 0 Å². The average Bonchev–Trinajstić information content (AvgIpc) is 2.96. The summed E-state index contributed by atoms with van der Waals surface area (Å²) in [5.41, 5.74) is 0. The Labute approximate surface area is 124 Å². The molecule has 2 heterocycles. The van der Waals surface area contributed by atoms with Crippen molar-refractivity contribution in [2.45, 2.75) is 31.9 Å². The molecule has 0 radical (unpaired) electrons. The number of hydrogen-bond donors (Lipinski definition) is 1. The first-order valence-electron chi connectivity index (χ1n) is 6.65. The van der Waals surface area contributed by atoms with E-state index >= 15 is 0 Å². The predicted octanol–water partition coefficient (Wildman–Crippen LogP) is 2.88. The van der Waals surface area contributed by atoms with Crippen LogP contribution in [0.25, 0.3) is 0 Å². The molecule has 0 bridgehead atoms. The Kier molecular flexibility index (Phi) is 5.38. The summed E-state index contributed by atoms with van der Waals surface area (Å²) in [6, 6.07) is 9.83. The fourth-order valence-corrected chi connectivity index (χ4v) is 2.19. The van der Waals surface area contributed by atoms with Crippen molar-refractivity contribution in [3.05, 3.63) is 42.0 Å². The lowest BCUT2D eigenvalue weighted by molar-refractivity contribution is 0.276. The number of nitrogens with one attached hydrogen (secondary N) is 1. The molecule has 1 N–H and O–H groups in total. The van der Waals surface area contributed by atoms with Crippen molar-refractivity contribution < 1.29 is 9.26 Å². The monoisotopic (exact) mass is 295 g/mol. The molecule has 0 aliphatic carbocycles. The highest BCUT2D eigenvalue weighted by Gasteiger charge is 2.20. The van der Waals surface area contributed by atoms with E-state index in [0.717, 1.165) is 18.7 Å². The van der Waals surface area contributed by atoms with Gasteiger partial charge in [-0.05, 0) is 31.5 Å². The molecule has 1 aromatic heterocycles. The topological polar surface area (TPSA) is 60.2 Å². The van der Waals surface area contributed by atoms with Crippen molar-refractivity contribution in [2.24, 2.45) is 0 Å². The molecule has 1 atom stereocenters. The molecular formula is C14H18ClN3O2. The fraction of sp³-hybridized carbons (Fsp3) is 0.429. The van der Waals surface area contributed by atoms with Gasteiger partial charge in [-0.3, -0.25) is 0 Å². The number of aromatic nitrogens is 2. The summed E-state index contributed by atoms with van der Waals surface area (Å²) < 4.78 is 10.9. The van der Waals surface area contributed by atoms with Crippen LogP contribution in [0.3, 0.4) is 0 Å². The second kappa shape index (κ2) is 7.26. The molecule has 1 saturated heterocycles. The summed E-state index contributed by atoms with van der Waals surface area (Å²) in [6.07, 6.45) is 3.48. The Morgan fingerprint density at radius 2 is 2.10 bits per heavy atom. The van der Waals surface area contributed by atoms with Crippen LogP contribution in [0.1, 0.15) is 37.0 Å². The second-order valence-electron chi connectivity index (χ2n) is 4.65. The van der Waals surface area contributed by atoms with Gasteiger partial charge in [0.1, 0.15) is 5.75 Å². The zero-order chi connectivity index (χ0) is 12.9. The lowest BCUT2D eigenvalue weighted by Crippen LogP contribution is -2.27. The minimum Gasteiger partial charge on any atom is -0.485 e. The van der Waals surface area contributed by atoms with Crippen LogP contribution in [0, 0.1) is 0 Å². The minimum absolute atomic E-state index is 0. The number of piperidine rings is 1. The summed E-state index contributed by atoms with van der Waals surface area (Å²) in [7, 11) is 0. The highest BCUT2D eigenvalue weighted by Crippen LogP contribution is 2.21. The molecule has 0 unspecified atom stereocenters. The smallest absolute Gasteiger partial charge is 0.243 e. The van der Waals surface area contributed by atoms with Crippen molar-refractivity contribution in [1.29, 1.82) is 0 Å². The molecule has 0 saturated carbocycles. The van der Waals surface area contributed by atoms with E-state index in [9.17, 15) is 0 Å². The van der Waals surface area contributed by atoms with E-state index in [-0.39, 0.29) is 18.4 Å². The normalized spacial score (nSPS) is 18.3. The maximum absolute atomic E-state index is 5.59. The molecule has 1 aliphatic heterocycles. The van der Waals surface area contributed by atoms with Crippen molar-refractivity contribution >= 4 is 12.4 Å². The number of rotatable bonds is 4. The Morgan fingerprint density at radius 3 is 2.85 bits per heavy atom. The van der Waals surface area contributed by atoms with Gasteiger partial charge in [0.05, 0.1) is 6.04 Å². The van der Waals surface area contributed by atoms with Gasteiger partial charge in [0.2, 0.25) is 11.7 Å². The van der Waals surface area contributed by atoms with Crippen molar-refractivity contribution in [1.82, 2.24) is 15.5 Å². The Balaban J connectivity index is 0.00000147. The van der Waals surface area contributed by atoms with Crippen LogP contribution in [-0.2, 0) is 6.61 Å². The van der Waals surface area contributed by atoms with E-state index in [2.05, 4.69) is 15.5 Å². The maximum Gasteiger partial charge on any atom is 0.243 e. The standard InChI is InChI=1S/C14H17N3O2.ClH/c1-2-6-11(7-3-1)18-10-13-16-14(19-17-13)12-8-4-5-9-15-12;/h1-3,6-7,12,15H,4-5,8-10H2;1H/t12-;/m0./s1. The third-order valence-electron chi connectivity index (χ3n) is 3.20. The molecule has 2 aromatic rings. The van der Waals surface area contributed by atoms with E-state index < -0.39 is 0 Å². The lowest BCUT2D eigenvalue weighted by atomic mass is 10.1. The van der Waals surface area contributed by atoms with Gasteiger partial charge in [-0.1, -0.05) is 29.8 Å². The van der Waals surface area contributed by atoms with Crippen molar-refractivity contribution in [3.63, 3.8) is 0 Å². The third-order valence-corrected chi connectivity index (χ3v) is 3.20. The SMILES string of the molecule is Cl.c1ccc(OCc2noc([C@@H]3CCCCN3)n2)cc1. The van der Waals surface area contributed by atoms with E-state index in [1.807, 2.05) is 30.3 Å². The van der Waals surface area contributed by atoms with Gasteiger partial charge < -0.3 is 14.6 Å². The van der Waals surface area contributed by atoms with Crippen LogP contribution >= 0.6 is 12.4 Å². The molecule has 3 rings (SSSR count). The van der Waals surface area contributed by atoms with Gasteiger partial charge in [-0.25, -0.2) is 0 Å². The Hall–Kier alpha value is -1.59. The number of hydrogen-bond acceptors (Lipinski definition) is 5. The van der Waals surface area contributed by atoms with E-state index in [4.69, 9.17) is 9.26 Å². The molecule has 0 amide bonds. The van der Waals surface area contributed by atoms with Gasteiger partial charge in [-0.2, -0.15) is 4.98 Å². The first kappa shape index (κ1) is 14.8. The molecule has 6 heteroatoms. The fourth-order valence-electron chi connectivity index (χ4n) is 2.19. The van der Waals surface area contributed by atoms with Gasteiger partial charge in [0.15, 0.2) is 6.61 Å². The minimum atomic E-state index is 0. The molecular weight excluding hydrogens is 278 g/mol. The molecule has 5 nitrogen and oxygen atoms in total. The van der Waals surface area contributed by atoms with Crippen LogP contribution < -0.4 is 10.1 Å². The molecule has 1 aliphatic rings. The first-order valence-corrected chi connectivity index (χ1v) is 6.65. The van der Waals surface area contributed by atoms with Crippen molar-refractivity contribution in [3.8, 4) is 5.75 Å². The van der Waals surface area contributed by atoms with Gasteiger partial charge >= 0.3 is 0 Å². The van der Waals surface area contributed by atoms with Crippen LogP contribution in [0.2, 0.25) is 0 Å². The molecule has 0 spiro atoms. The second-order valence-corrected chi connectivity index (χ2v) is 4.65. The molecule has 1 fully saturated rings. The van der Waals surface area contributed by atoms with Gasteiger partial charge in [0.25, 0.3) is 0 Å². The van der Waals surface area contributed by atoms with E-state index in [1.54, 1.807) is 0 Å². The van der Waals surface area contributed by atoms with Gasteiger partial charge in [-0.15, -0.1) is 12.4 Å². The molecule has 20 heavy (non-hydrogen) atoms. The highest BCUT2D eigenvalue weighted by atomic mass is 35.5. The number of para-hydroxylation sites is 1. The third kappa shape index (κ3) is 3.71. The Bertz CT molecular complexity index is 512. The quantitative estimate of drug-likeness (QED) is 0.940. The number of halogens is 1. The number of nitrogens with zero attached hydrogens (tertiary/aromatic N) is 2. The highest BCUT2D eigenvalue weighted by molar-refractivity contribution is 5.85. The van der Waals surface area contributed by atoms with Crippen molar-refractivity contribution in [2.75, 3.05) is 6.54 Å². The number of benzene rings is 1. The van der Waals surface area contributed by atoms with Gasteiger partial charge in [0, 0.05) is 0 Å². The summed E-state index contributed by atoms with van der Waals surface area (Å²) in [5, 5.41) is 7.34. The zero-order valence-electron chi connectivity index (χ0n) is 11.1. The zero-order valence-corrected chi connectivity index (χ0v) is 11.9. The average molecular weight is 296 g/mol. The van der Waals surface area contributed by atoms with Crippen LogP contribution in [0.5, 0.6) is 5.75 Å². The van der Waals surface area contributed by atoms with Crippen LogP contribution in [0.15, 0.2) is 34.9 Å². The Morgan fingerprint density at radius 1 is 1.25 bits per heavy atom. The van der Waals surface area contributed by atoms with Crippen LogP contribution in [-0.4, -0.2) is 16.7 Å². The summed E-state index contributed by atoms with van der Waals surface area (Å²) in [6.45, 7) is 1.35. The first-order chi connectivity index (χ1) is 9.42. The van der Waals surface area contributed by atoms with E-state index in [1.165, 1.54) is 12.8 Å². The summed E-state index contributed by atoms with van der Waals surface area (Å²) in [5.74, 6) is 2.07. The largest absolute Gasteiger partial charge is 0.485 e. The molecule has 108 valence electrons. The molecule has 1 aromatic carbocycles. The summed E-state index contributed by atoms with van der Waals surface area (Å²) in [4.78, 5) is 4.38. The van der Waals surface area contributed by atoms with E-state index in [0.29, 0.717) is 18.3 Å². The predicted molar refractivity (Wildman–Crippen MR) is 76.9 cm³/mol. The number of ether oxygens (including phenoxy) is 1. The summed E-state index contributed by atoms with van der Waals surface area (Å²) >= 11 is 0.